The lowest BCUT2D eigenvalue weighted by atomic mass is 10.0. The van der Waals surface area contributed by atoms with Crippen molar-refractivity contribution in [3.63, 3.8) is 0 Å². The lowest BCUT2D eigenvalue weighted by Gasteiger charge is -2.13. The molecule has 5 heteroatoms. The van der Waals surface area contributed by atoms with Crippen molar-refractivity contribution >= 4 is 5.78 Å². The standard InChI is InChI=1S/C11H10F4O/c1-2-7-4-3-5-8(6-7)9(16)11(14,15)10(12)13/h3-6,10H,2H2,1H3. The van der Waals surface area contributed by atoms with Crippen molar-refractivity contribution < 1.29 is 22.4 Å². The molecule has 0 amide bonds. The van der Waals surface area contributed by atoms with Crippen LogP contribution in [-0.4, -0.2) is 18.1 Å². The molecular formula is C11H10F4O. The van der Waals surface area contributed by atoms with Gasteiger partial charge in [-0.25, -0.2) is 8.78 Å². The molecule has 0 heterocycles. The molecule has 0 unspecified atom stereocenters. The first-order valence-electron chi connectivity index (χ1n) is 4.69. The number of alkyl halides is 4. The number of benzene rings is 1. The van der Waals surface area contributed by atoms with Crippen molar-refractivity contribution in [2.75, 3.05) is 0 Å². The molecule has 1 aromatic rings. The fourth-order valence-corrected chi connectivity index (χ4v) is 1.22. The van der Waals surface area contributed by atoms with Crippen LogP contribution >= 0.6 is 0 Å². The third kappa shape index (κ3) is 2.40. The van der Waals surface area contributed by atoms with E-state index < -0.39 is 18.1 Å². The second-order valence-corrected chi connectivity index (χ2v) is 3.31. The number of carbonyl (C=O) groups excluding carboxylic acids is 1. The molecule has 1 aromatic carbocycles. The molecule has 0 aliphatic rings. The molecule has 1 rings (SSSR count). The topological polar surface area (TPSA) is 17.1 Å². The fourth-order valence-electron chi connectivity index (χ4n) is 1.22. The molecule has 0 atom stereocenters. The first-order chi connectivity index (χ1) is 7.39. The maximum Gasteiger partial charge on any atom is 0.368 e. The van der Waals surface area contributed by atoms with E-state index in [1.54, 1.807) is 13.0 Å². The number of ketones is 1. The zero-order valence-corrected chi connectivity index (χ0v) is 8.51. The van der Waals surface area contributed by atoms with E-state index in [1.807, 2.05) is 0 Å². The summed E-state index contributed by atoms with van der Waals surface area (Å²) in [7, 11) is 0. The Morgan fingerprint density at radius 2 is 2.00 bits per heavy atom. The molecule has 0 aromatic heterocycles. The third-order valence-corrected chi connectivity index (χ3v) is 2.17. The lowest BCUT2D eigenvalue weighted by Crippen LogP contribution is -2.36. The molecule has 0 fully saturated rings. The molecule has 0 aliphatic heterocycles. The normalized spacial score (nSPS) is 11.9. The molecule has 88 valence electrons. The monoisotopic (exact) mass is 234 g/mol. The molecule has 0 saturated carbocycles. The van der Waals surface area contributed by atoms with Crippen LogP contribution in [0.25, 0.3) is 0 Å². The highest BCUT2D eigenvalue weighted by Crippen LogP contribution is 2.27. The van der Waals surface area contributed by atoms with E-state index in [-0.39, 0.29) is 5.56 Å². The number of hydrogen-bond donors (Lipinski definition) is 0. The average molecular weight is 234 g/mol. The van der Waals surface area contributed by atoms with Crippen molar-refractivity contribution in [3.05, 3.63) is 35.4 Å². The second-order valence-electron chi connectivity index (χ2n) is 3.31. The highest BCUT2D eigenvalue weighted by molar-refractivity contribution is 6.01. The van der Waals surface area contributed by atoms with Gasteiger partial charge in [0.2, 0.25) is 5.78 Å². The minimum Gasteiger partial charge on any atom is -0.287 e. The Morgan fingerprint density at radius 1 is 1.38 bits per heavy atom. The van der Waals surface area contributed by atoms with Gasteiger partial charge in [0.15, 0.2) is 0 Å². The maximum atomic E-state index is 12.8. The zero-order chi connectivity index (χ0) is 12.3. The van der Waals surface area contributed by atoms with Gasteiger partial charge >= 0.3 is 12.3 Å². The van der Waals surface area contributed by atoms with Gasteiger partial charge in [0, 0.05) is 5.56 Å². The summed E-state index contributed by atoms with van der Waals surface area (Å²) >= 11 is 0. The fraction of sp³-hybridized carbons (Fsp3) is 0.364. The van der Waals surface area contributed by atoms with Crippen LogP contribution in [0.15, 0.2) is 24.3 Å². The van der Waals surface area contributed by atoms with Crippen LogP contribution in [0.2, 0.25) is 0 Å². The van der Waals surface area contributed by atoms with Gasteiger partial charge in [-0.2, -0.15) is 8.78 Å². The van der Waals surface area contributed by atoms with Crippen LogP contribution in [0.5, 0.6) is 0 Å². The molecule has 0 N–H and O–H groups in total. The summed E-state index contributed by atoms with van der Waals surface area (Å²) in [5.74, 6) is -6.45. The lowest BCUT2D eigenvalue weighted by molar-refractivity contribution is -0.0958. The largest absolute Gasteiger partial charge is 0.368 e. The van der Waals surface area contributed by atoms with Crippen LogP contribution in [0.3, 0.4) is 0 Å². The molecule has 0 radical (unpaired) electrons. The Kier molecular flexibility index (Phi) is 3.67. The molecule has 16 heavy (non-hydrogen) atoms. The van der Waals surface area contributed by atoms with Crippen LogP contribution in [0.4, 0.5) is 17.6 Å². The highest BCUT2D eigenvalue weighted by Gasteiger charge is 2.48. The minimum absolute atomic E-state index is 0.385. The molecule has 0 aliphatic carbocycles. The Morgan fingerprint density at radius 3 is 2.50 bits per heavy atom. The summed E-state index contributed by atoms with van der Waals surface area (Å²) in [6, 6.07) is 5.35. The molecular weight excluding hydrogens is 224 g/mol. The number of aryl methyl sites for hydroxylation is 1. The molecule has 1 nitrogen and oxygen atoms in total. The number of carbonyl (C=O) groups is 1. The summed E-state index contributed by atoms with van der Waals surface area (Å²) in [6.07, 6.45) is -3.44. The Balaban J connectivity index is 3.05. The van der Waals surface area contributed by atoms with Crippen molar-refractivity contribution in [2.24, 2.45) is 0 Å². The van der Waals surface area contributed by atoms with E-state index in [1.165, 1.54) is 12.1 Å². The Labute approximate surface area is 90.1 Å². The zero-order valence-electron chi connectivity index (χ0n) is 8.51. The van der Waals surface area contributed by atoms with Crippen LogP contribution in [0, 0.1) is 0 Å². The van der Waals surface area contributed by atoms with Crippen molar-refractivity contribution in [1.82, 2.24) is 0 Å². The Bertz CT molecular complexity index is 387. The van der Waals surface area contributed by atoms with E-state index in [4.69, 9.17) is 0 Å². The molecule has 0 spiro atoms. The van der Waals surface area contributed by atoms with E-state index in [9.17, 15) is 22.4 Å². The number of rotatable bonds is 4. The maximum absolute atomic E-state index is 12.8. The van der Waals surface area contributed by atoms with E-state index in [0.29, 0.717) is 12.0 Å². The van der Waals surface area contributed by atoms with Gasteiger partial charge in [-0.05, 0) is 18.1 Å². The summed E-state index contributed by atoms with van der Waals surface area (Å²) < 4.78 is 49.4. The van der Waals surface area contributed by atoms with Crippen molar-refractivity contribution in [3.8, 4) is 0 Å². The summed E-state index contributed by atoms with van der Waals surface area (Å²) in [4.78, 5) is 11.1. The van der Waals surface area contributed by atoms with Crippen molar-refractivity contribution in [1.29, 1.82) is 0 Å². The molecule has 0 bridgehead atoms. The first kappa shape index (κ1) is 12.7. The quantitative estimate of drug-likeness (QED) is 0.576. The third-order valence-electron chi connectivity index (χ3n) is 2.17. The van der Waals surface area contributed by atoms with Gasteiger partial charge in [0.25, 0.3) is 0 Å². The van der Waals surface area contributed by atoms with Gasteiger partial charge in [0.1, 0.15) is 0 Å². The van der Waals surface area contributed by atoms with Crippen LogP contribution < -0.4 is 0 Å². The Hall–Kier alpha value is -1.39. The number of halogens is 4. The van der Waals surface area contributed by atoms with Crippen LogP contribution in [-0.2, 0) is 6.42 Å². The molecule has 0 saturated heterocycles. The number of Topliss-reactive ketones (excluding diaryl/α,β-unsaturated/α-hetero) is 1. The summed E-state index contributed by atoms with van der Waals surface area (Å²) in [5.41, 5.74) is 0.264. The van der Waals surface area contributed by atoms with Gasteiger partial charge in [0.05, 0.1) is 0 Å². The summed E-state index contributed by atoms with van der Waals surface area (Å²) in [6.45, 7) is 1.77. The van der Waals surface area contributed by atoms with Gasteiger partial charge < -0.3 is 0 Å². The van der Waals surface area contributed by atoms with Gasteiger partial charge in [-0.3, -0.25) is 4.79 Å². The predicted molar refractivity (Wildman–Crippen MR) is 51.1 cm³/mol. The van der Waals surface area contributed by atoms with E-state index >= 15 is 0 Å². The minimum atomic E-state index is -4.62. The van der Waals surface area contributed by atoms with Gasteiger partial charge in [-0.1, -0.05) is 25.1 Å². The smallest absolute Gasteiger partial charge is 0.287 e. The SMILES string of the molecule is CCc1cccc(C(=O)C(F)(F)C(F)F)c1. The summed E-state index contributed by atoms with van der Waals surface area (Å²) in [5, 5.41) is 0. The van der Waals surface area contributed by atoms with E-state index in [2.05, 4.69) is 0 Å². The highest BCUT2D eigenvalue weighted by atomic mass is 19.3. The first-order valence-corrected chi connectivity index (χ1v) is 4.69. The average Bonchev–Trinajstić information content (AvgIpc) is 2.27. The predicted octanol–water partition coefficient (Wildman–Crippen LogP) is 3.33. The number of hydrogen-bond acceptors (Lipinski definition) is 1. The van der Waals surface area contributed by atoms with Gasteiger partial charge in [-0.15, -0.1) is 0 Å². The van der Waals surface area contributed by atoms with Crippen molar-refractivity contribution in [2.45, 2.75) is 25.7 Å². The second kappa shape index (κ2) is 4.63. The van der Waals surface area contributed by atoms with E-state index in [0.717, 1.165) is 6.07 Å². The van der Waals surface area contributed by atoms with Crippen LogP contribution in [0.1, 0.15) is 22.8 Å².